The Kier molecular flexibility index (Phi) is 12.1. The van der Waals surface area contributed by atoms with Crippen molar-refractivity contribution < 1.29 is 38.1 Å². The number of allylic oxidation sites excluding steroid dienone is 2. The predicted molar refractivity (Wildman–Crippen MR) is 209 cm³/mol. The standard InChI is InChI=1S/C45H50F2N2O6/c1-29-9-8-21-44(2)38(36-18-13-30(23-34(50)16-12-29)24-37(36)42(51)31-15-19-39(46)40(47)25-31)20-22-45(44,53)28-49(43(52)48-33-10-6-5-7-11-33)27-32-14-17-35(54-3)26-41(32)55-4/h5-7,9-11,13-15,17-19,24-26,34,38,50,53H,8,12,16,20-23,27-28H2,1-4H3,(H,48,52). The maximum atomic E-state index is 14.5. The second-order valence-electron chi connectivity index (χ2n) is 15.2. The van der Waals surface area contributed by atoms with Crippen molar-refractivity contribution >= 4 is 17.5 Å². The molecule has 0 heterocycles. The zero-order chi connectivity index (χ0) is 39.3. The number of methoxy groups -OCH3 is 2. The van der Waals surface area contributed by atoms with Crippen molar-refractivity contribution in [1.82, 2.24) is 4.90 Å². The molecule has 4 aromatic carbocycles. The van der Waals surface area contributed by atoms with E-state index in [9.17, 15) is 28.6 Å². The number of anilines is 1. The second kappa shape index (κ2) is 16.8. The maximum Gasteiger partial charge on any atom is 0.322 e. The lowest BCUT2D eigenvalue weighted by Gasteiger charge is -2.46. The summed E-state index contributed by atoms with van der Waals surface area (Å²) in [5.74, 6) is -1.86. The third-order valence-corrected chi connectivity index (χ3v) is 11.7. The van der Waals surface area contributed by atoms with Gasteiger partial charge >= 0.3 is 6.03 Å². The van der Waals surface area contributed by atoms with Gasteiger partial charge in [0.1, 0.15) is 11.5 Å². The van der Waals surface area contributed by atoms with Crippen LogP contribution in [0, 0.1) is 17.0 Å². The van der Waals surface area contributed by atoms with Crippen LogP contribution in [-0.2, 0) is 13.0 Å². The molecule has 1 saturated carbocycles. The van der Waals surface area contributed by atoms with Crippen LogP contribution in [0.3, 0.4) is 0 Å². The highest BCUT2D eigenvalue weighted by Gasteiger charge is 2.57. The molecule has 0 aliphatic heterocycles. The van der Waals surface area contributed by atoms with Gasteiger partial charge in [0.05, 0.1) is 39.0 Å². The normalized spacial score (nSPS) is 22.6. The highest BCUT2D eigenvalue weighted by molar-refractivity contribution is 6.10. The Labute approximate surface area is 321 Å². The molecular formula is C45H50F2N2O6. The van der Waals surface area contributed by atoms with E-state index >= 15 is 0 Å². The third kappa shape index (κ3) is 8.61. The van der Waals surface area contributed by atoms with Crippen molar-refractivity contribution in [3.63, 3.8) is 0 Å². The van der Waals surface area contributed by atoms with Gasteiger partial charge in [-0.05, 0) is 117 Å². The molecule has 55 heavy (non-hydrogen) atoms. The summed E-state index contributed by atoms with van der Waals surface area (Å²) in [5.41, 5.74) is 1.91. The van der Waals surface area contributed by atoms with Gasteiger partial charge in [0.2, 0.25) is 0 Å². The number of aliphatic hydroxyl groups is 2. The van der Waals surface area contributed by atoms with E-state index in [0.29, 0.717) is 73.3 Å². The molecule has 0 aromatic heterocycles. The van der Waals surface area contributed by atoms with Gasteiger partial charge in [-0.1, -0.05) is 48.9 Å². The Morgan fingerprint density at radius 2 is 1.71 bits per heavy atom. The van der Waals surface area contributed by atoms with Gasteiger partial charge < -0.3 is 29.9 Å². The van der Waals surface area contributed by atoms with Crippen LogP contribution >= 0.6 is 0 Å². The molecule has 0 radical (unpaired) electrons. The van der Waals surface area contributed by atoms with Crippen molar-refractivity contribution in [2.75, 3.05) is 26.1 Å². The van der Waals surface area contributed by atoms with E-state index in [2.05, 4.69) is 11.4 Å². The molecule has 8 nitrogen and oxygen atoms in total. The number of benzene rings is 4. The number of carbonyl (C=O) groups is 2. The first-order valence-corrected chi connectivity index (χ1v) is 18.8. The molecule has 0 spiro atoms. The maximum absolute atomic E-state index is 14.5. The summed E-state index contributed by atoms with van der Waals surface area (Å²) >= 11 is 0. The molecule has 290 valence electrons. The van der Waals surface area contributed by atoms with E-state index in [0.717, 1.165) is 28.8 Å². The summed E-state index contributed by atoms with van der Waals surface area (Å²) in [7, 11) is 3.12. The third-order valence-electron chi connectivity index (χ3n) is 11.7. The van der Waals surface area contributed by atoms with E-state index in [1.807, 2.05) is 50.2 Å². The number of para-hydroxylation sites is 1. The van der Waals surface area contributed by atoms with Gasteiger partial charge in [0.25, 0.3) is 0 Å². The molecule has 4 atom stereocenters. The van der Waals surface area contributed by atoms with Gasteiger partial charge in [0.15, 0.2) is 17.4 Å². The smallest absolute Gasteiger partial charge is 0.322 e. The number of amides is 2. The van der Waals surface area contributed by atoms with Gasteiger partial charge in [-0.2, -0.15) is 0 Å². The summed E-state index contributed by atoms with van der Waals surface area (Å²) in [6.07, 6.45) is 5.00. The molecule has 3 aliphatic carbocycles. The first-order chi connectivity index (χ1) is 26.3. The number of ketones is 1. The number of nitrogens with one attached hydrogen (secondary N) is 1. The van der Waals surface area contributed by atoms with E-state index in [4.69, 9.17) is 9.47 Å². The molecule has 2 amide bonds. The van der Waals surface area contributed by atoms with Gasteiger partial charge in [-0.3, -0.25) is 4.79 Å². The van der Waals surface area contributed by atoms with Crippen molar-refractivity contribution in [2.24, 2.45) is 5.41 Å². The zero-order valence-electron chi connectivity index (χ0n) is 31.9. The molecule has 4 unspecified atom stereocenters. The number of halogens is 2. The first-order valence-electron chi connectivity index (χ1n) is 18.8. The van der Waals surface area contributed by atoms with E-state index in [-0.39, 0.29) is 24.6 Å². The number of aliphatic hydroxyl groups excluding tert-OH is 1. The lowest BCUT2D eigenvalue weighted by molar-refractivity contribution is -0.0773. The molecule has 1 fully saturated rings. The van der Waals surface area contributed by atoms with Gasteiger partial charge in [-0.15, -0.1) is 0 Å². The van der Waals surface area contributed by atoms with E-state index < -0.39 is 40.6 Å². The summed E-state index contributed by atoms with van der Waals surface area (Å²) < 4.78 is 39.6. The van der Waals surface area contributed by atoms with Gasteiger partial charge in [-0.25, -0.2) is 13.6 Å². The summed E-state index contributed by atoms with van der Waals surface area (Å²) in [5, 5.41) is 27.0. The van der Waals surface area contributed by atoms with Crippen molar-refractivity contribution in [3.8, 4) is 11.5 Å². The zero-order valence-corrected chi connectivity index (χ0v) is 31.9. The number of urea groups is 1. The van der Waals surface area contributed by atoms with Gasteiger partial charge in [0, 0.05) is 33.9 Å². The molecule has 3 N–H and O–H groups in total. The second-order valence-corrected chi connectivity index (χ2v) is 15.2. The number of ether oxygens (including phenoxy) is 2. The average molecular weight is 753 g/mol. The lowest BCUT2D eigenvalue weighted by atomic mass is 9.64. The monoisotopic (exact) mass is 752 g/mol. The molecule has 3 aliphatic rings. The number of hydrogen-bond donors (Lipinski definition) is 3. The minimum absolute atomic E-state index is 0.00433. The van der Waals surface area contributed by atoms with Crippen LogP contribution in [0.5, 0.6) is 11.5 Å². The fourth-order valence-corrected chi connectivity index (χ4v) is 8.42. The van der Waals surface area contributed by atoms with Crippen LogP contribution in [0.15, 0.2) is 96.6 Å². The Morgan fingerprint density at radius 3 is 2.44 bits per heavy atom. The van der Waals surface area contributed by atoms with E-state index in [1.165, 1.54) is 6.07 Å². The van der Waals surface area contributed by atoms with Crippen LogP contribution in [0.2, 0.25) is 0 Å². The Hall–Kier alpha value is -5.06. The minimum atomic E-state index is -1.43. The number of fused-ring (bicyclic) bond motifs is 8. The topological polar surface area (TPSA) is 108 Å². The number of carbonyl (C=O) groups excluding carboxylic acids is 2. The van der Waals surface area contributed by atoms with E-state index in [1.54, 1.807) is 49.5 Å². The fourth-order valence-electron chi connectivity index (χ4n) is 8.42. The van der Waals surface area contributed by atoms with Crippen molar-refractivity contribution in [2.45, 2.75) is 83.0 Å². The number of nitrogens with zero attached hydrogens (tertiary/aromatic N) is 1. The summed E-state index contributed by atoms with van der Waals surface area (Å²) in [6.45, 7) is 4.16. The minimum Gasteiger partial charge on any atom is -0.497 e. The van der Waals surface area contributed by atoms with Crippen molar-refractivity contribution in [1.29, 1.82) is 0 Å². The molecule has 10 heteroatoms. The molecular weight excluding hydrogens is 702 g/mol. The largest absolute Gasteiger partial charge is 0.497 e. The highest BCUT2D eigenvalue weighted by Crippen LogP contribution is 2.59. The molecule has 7 rings (SSSR count). The molecule has 2 bridgehead atoms. The average Bonchev–Trinajstić information content (AvgIpc) is 3.43. The Morgan fingerprint density at radius 1 is 0.927 bits per heavy atom. The van der Waals surface area contributed by atoms with Crippen LogP contribution in [-0.4, -0.2) is 59.4 Å². The Bertz CT molecular complexity index is 2050. The molecule has 4 aromatic rings. The quantitative estimate of drug-likeness (QED) is 0.116. The van der Waals surface area contributed by atoms with Crippen LogP contribution in [0.4, 0.5) is 19.3 Å². The highest BCUT2D eigenvalue weighted by atomic mass is 19.2. The number of hydrogen-bond acceptors (Lipinski definition) is 6. The lowest BCUT2D eigenvalue weighted by Crippen LogP contribution is -2.54. The van der Waals surface area contributed by atoms with Crippen LogP contribution in [0.25, 0.3) is 0 Å². The number of rotatable bonds is 9. The van der Waals surface area contributed by atoms with Crippen LogP contribution < -0.4 is 14.8 Å². The summed E-state index contributed by atoms with van der Waals surface area (Å²) in [6, 6.07) is 22.8. The SMILES string of the molecule is COc1ccc(CN(CC2(O)CCC3c4ccc(cc4C(=O)c4ccc(F)c(F)c4)CC(O)CCC(C)=CCCC32C)C(=O)Nc2ccccc2)c(OC)c1. The Balaban J connectivity index is 1.44. The first kappa shape index (κ1) is 39.6. The fraction of sp³-hybridized carbons (Fsp3) is 0.378. The molecule has 0 saturated heterocycles. The van der Waals surface area contributed by atoms with Crippen LogP contribution in [0.1, 0.15) is 90.9 Å². The predicted octanol–water partition coefficient (Wildman–Crippen LogP) is 8.99. The summed E-state index contributed by atoms with van der Waals surface area (Å²) in [4.78, 5) is 30.1. The van der Waals surface area contributed by atoms with Crippen molar-refractivity contribution in [3.05, 3.63) is 136 Å².